The smallest absolute Gasteiger partial charge is 0.0771 e. The highest BCUT2D eigenvalue weighted by Gasteiger charge is 2.34. The van der Waals surface area contributed by atoms with Crippen LogP contribution < -0.4 is 5.32 Å². The maximum atomic E-state index is 10.0. The van der Waals surface area contributed by atoms with E-state index >= 15 is 0 Å². The maximum Gasteiger partial charge on any atom is 0.0771 e. The fourth-order valence-corrected chi connectivity index (χ4v) is 2.26. The summed E-state index contributed by atoms with van der Waals surface area (Å²) in [6.45, 7) is 2.90. The predicted molar refractivity (Wildman–Crippen MR) is 66.3 cm³/mol. The lowest BCUT2D eigenvalue weighted by molar-refractivity contribution is -0.0333. The third-order valence-electron chi connectivity index (χ3n) is 3.57. The molecule has 16 heavy (non-hydrogen) atoms. The number of hydrogen-bond donors (Lipinski definition) is 2. The predicted octanol–water partition coefficient (Wildman–Crippen LogP) is 2.64. The van der Waals surface area contributed by atoms with Crippen LogP contribution in [0.3, 0.4) is 0 Å². The van der Waals surface area contributed by atoms with E-state index in [0.29, 0.717) is 6.04 Å². The molecule has 2 rings (SSSR count). The fraction of sp³-hybridized carbons (Fsp3) is 0.571. The summed E-state index contributed by atoms with van der Waals surface area (Å²) in [4.78, 5) is 0. The summed E-state index contributed by atoms with van der Waals surface area (Å²) >= 11 is 0. The van der Waals surface area contributed by atoms with E-state index in [1.807, 2.05) is 6.07 Å². The van der Waals surface area contributed by atoms with Gasteiger partial charge in [-0.25, -0.2) is 0 Å². The van der Waals surface area contributed by atoms with Gasteiger partial charge in [-0.1, -0.05) is 37.3 Å². The first-order chi connectivity index (χ1) is 7.73. The van der Waals surface area contributed by atoms with Gasteiger partial charge in [0.05, 0.1) is 5.60 Å². The lowest BCUT2D eigenvalue weighted by atomic mass is 9.80. The Morgan fingerprint density at radius 1 is 1.31 bits per heavy atom. The molecule has 0 heterocycles. The van der Waals surface area contributed by atoms with E-state index in [1.54, 1.807) is 0 Å². The first-order valence-electron chi connectivity index (χ1n) is 6.24. The van der Waals surface area contributed by atoms with E-state index in [0.717, 1.165) is 25.8 Å². The van der Waals surface area contributed by atoms with Crippen molar-refractivity contribution in [3.05, 3.63) is 35.9 Å². The molecule has 0 amide bonds. The minimum Gasteiger partial charge on any atom is -0.389 e. The molecule has 1 aromatic carbocycles. The van der Waals surface area contributed by atoms with Gasteiger partial charge < -0.3 is 10.4 Å². The first-order valence-corrected chi connectivity index (χ1v) is 6.24. The van der Waals surface area contributed by atoms with Crippen molar-refractivity contribution in [3.63, 3.8) is 0 Å². The van der Waals surface area contributed by atoms with Gasteiger partial charge in [0.2, 0.25) is 0 Å². The molecule has 0 saturated heterocycles. The zero-order valence-corrected chi connectivity index (χ0v) is 9.95. The van der Waals surface area contributed by atoms with E-state index in [1.165, 1.54) is 12.0 Å². The molecule has 2 N–H and O–H groups in total. The Bertz CT molecular complexity index is 319. The van der Waals surface area contributed by atoms with Gasteiger partial charge >= 0.3 is 0 Å². The topological polar surface area (TPSA) is 32.3 Å². The SMILES string of the molecule is CCC(NCC1(O)CCC1)c1ccccc1. The Balaban J connectivity index is 1.91. The molecule has 1 unspecified atom stereocenters. The van der Waals surface area contributed by atoms with Gasteiger partial charge in [-0.05, 0) is 31.2 Å². The van der Waals surface area contributed by atoms with Crippen LogP contribution in [0.25, 0.3) is 0 Å². The highest BCUT2D eigenvalue weighted by molar-refractivity contribution is 5.18. The van der Waals surface area contributed by atoms with Crippen LogP contribution >= 0.6 is 0 Å². The van der Waals surface area contributed by atoms with Gasteiger partial charge in [-0.15, -0.1) is 0 Å². The van der Waals surface area contributed by atoms with Crippen molar-refractivity contribution in [1.82, 2.24) is 5.32 Å². The molecule has 2 heteroatoms. The Labute approximate surface area is 97.7 Å². The summed E-state index contributed by atoms with van der Waals surface area (Å²) in [6.07, 6.45) is 4.12. The zero-order chi connectivity index (χ0) is 11.4. The van der Waals surface area contributed by atoms with E-state index in [4.69, 9.17) is 0 Å². The molecule has 0 spiro atoms. The molecule has 1 aromatic rings. The monoisotopic (exact) mass is 219 g/mol. The molecule has 1 fully saturated rings. The number of hydrogen-bond acceptors (Lipinski definition) is 2. The van der Waals surface area contributed by atoms with Crippen molar-refractivity contribution in [2.24, 2.45) is 0 Å². The summed E-state index contributed by atoms with van der Waals surface area (Å²) in [5, 5.41) is 13.5. The third kappa shape index (κ3) is 2.63. The van der Waals surface area contributed by atoms with Crippen molar-refractivity contribution in [2.45, 2.75) is 44.2 Å². The molecule has 0 bridgehead atoms. The van der Waals surface area contributed by atoms with Crippen LogP contribution in [-0.4, -0.2) is 17.3 Å². The van der Waals surface area contributed by atoms with Crippen LogP contribution in [0.15, 0.2) is 30.3 Å². The van der Waals surface area contributed by atoms with E-state index in [2.05, 4.69) is 36.5 Å². The molecule has 1 aliphatic carbocycles. The fourth-order valence-electron chi connectivity index (χ4n) is 2.26. The summed E-state index contributed by atoms with van der Waals surface area (Å²) in [5.74, 6) is 0. The quantitative estimate of drug-likeness (QED) is 0.798. The summed E-state index contributed by atoms with van der Waals surface area (Å²) in [5.41, 5.74) is 0.885. The molecule has 1 saturated carbocycles. The number of nitrogens with one attached hydrogen (secondary N) is 1. The van der Waals surface area contributed by atoms with E-state index < -0.39 is 5.60 Å². The lowest BCUT2D eigenvalue weighted by Gasteiger charge is -2.38. The number of benzene rings is 1. The minimum absolute atomic E-state index is 0.367. The Morgan fingerprint density at radius 2 is 2.00 bits per heavy atom. The van der Waals surface area contributed by atoms with Gasteiger partial charge in [0.1, 0.15) is 0 Å². The molecule has 1 atom stereocenters. The molecule has 1 aliphatic rings. The van der Waals surface area contributed by atoms with Crippen molar-refractivity contribution < 1.29 is 5.11 Å². The second kappa shape index (κ2) is 4.98. The van der Waals surface area contributed by atoms with Gasteiger partial charge in [0.25, 0.3) is 0 Å². The molecule has 0 radical (unpaired) electrons. The van der Waals surface area contributed by atoms with Gasteiger partial charge in [0.15, 0.2) is 0 Å². The van der Waals surface area contributed by atoms with E-state index in [9.17, 15) is 5.11 Å². The van der Waals surface area contributed by atoms with Crippen LogP contribution in [0, 0.1) is 0 Å². The van der Waals surface area contributed by atoms with Crippen LogP contribution in [0.1, 0.15) is 44.2 Å². The molecule has 88 valence electrons. The van der Waals surface area contributed by atoms with Gasteiger partial charge in [-0.2, -0.15) is 0 Å². The van der Waals surface area contributed by atoms with Crippen molar-refractivity contribution >= 4 is 0 Å². The molecule has 2 nitrogen and oxygen atoms in total. The van der Waals surface area contributed by atoms with Crippen LogP contribution in [0.2, 0.25) is 0 Å². The van der Waals surface area contributed by atoms with Crippen LogP contribution in [-0.2, 0) is 0 Å². The molecular formula is C14H21NO. The normalized spacial score (nSPS) is 20.1. The van der Waals surface area contributed by atoms with Crippen molar-refractivity contribution in [2.75, 3.05) is 6.54 Å². The van der Waals surface area contributed by atoms with Gasteiger partial charge in [0, 0.05) is 12.6 Å². The molecular weight excluding hydrogens is 198 g/mol. The van der Waals surface area contributed by atoms with Crippen LogP contribution in [0.5, 0.6) is 0 Å². The second-order valence-corrected chi connectivity index (χ2v) is 4.83. The molecule has 0 aliphatic heterocycles. The Kier molecular flexibility index (Phi) is 3.62. The highest BCUT2D eigenvalue weighted by atomic mass is 16.3. The first kappa shape index (κ1) is 11.6. The third-order valence-corrected chi connectivity index (χ3v) is 3.57. The average Bonchev–Trinajstić information content (AvgIpc) is 2.29. The maximum absolute atomic E-state index is 10.0. The minimum atomic E-state index is -0.428. The average molecular weight is 219 g/mol. The second-order valence-electron chi connectivity index (χ2n) is 4.83. The summed E-state index contributed by atoms with van der Waals surface area (Å²) in [7, 11) is 0. The number of aliphatic hydroxyl groups is 1. The Morgan fingerprint density at radius 3 is 2.50 bits per heavy atom. The lowest BCUT2D eigenvalue weighted by Crippen LogP contribution is -2.47. The van der Waals surface area contributed by atoms with Crippen LogP contribution in [0.4, 0.5) is 0 Å². The van der Waals surface area contributed by atoms with Gasteiger partial charge in [-0.3, -0.25) is 0 Å². The van der Waals surface area contributed by atoms with Crippen molar-refractivity contribution in [1.29, 1.82) is 0 Å². The number of rotatable bonds is 5. The highest BCUT2D eigenvalue weighted by Crippen LogP contribution is 2.31. The standard InChI is InChI=1S/C14H21NO/c1-2-13(12-7-4-3-5-8-12)15-11-14(16)9-6-10-14/h3-5,7-8,13,15-16H,2,6,9-11H2,1H3. The largest absolute Gasteiger partial charge is 0.389 e. The van der Waals surface area contributed by atoms with E-state index in [-0.39, 0.29) is 0 Å². The molecule has 0 aromatic heterocycles. The summed E-state index contributed by atoms with van der Waals surface area (Å²) in [6, 6.07) is 10.8. The van der Waals surface area contributed by atoms with Crippen molar-refractivity contribution in [3.8, 4) is 0 Å². The Hall–Kier alpha value is -0.860. The zero-order valence-electron chi connectivity index (χ0n) is 9.95. The summed E-state index contributed by atoms with van der Waals surface area (Å²) < 4.78 is 0.